The molecule has 0 amide bonds. The Bertz CT molecular complexity index is 448. The lowest BCUT2D eigenvalue weighted by Crippen LogP contribution is -2.54. The minimum Gasteiger partial charge on any atom is -0.329 e. The second-order valence-corrected chi connectivity index (χ2v) is 6.68. The molecule has 1 aromatic rings. The highest BCUT2D eigenvalue weighted by atomic mass is 15.2. The first-order chi connectivity index (χ1) is 9.79. The summed E-state index contributed by atoms with van der Waals surface area (Å²) in [6.45, 7) is 5.54. The monoisotopic (exact) mass is 272 g/mol. The summed E-state index contributed by atoms with van der Waals surface area (Å²) in [5.74, 6) is 0.738. The van der Waals surface area contributed by atoms with Gasteiger partial charge in [0.2, 0.25) is 0 Å². The van der Waals surface area contributed by atoms with E-state index in [1.54, 1.807) is 11.1 Å². The second kappa shape index (κ2) is 5.87. The van der Waals surface area contributed by atoms with E-state index in [2.05, 4.69) is 36.1 Å². The minimum atomic E-state index is 0.306. The lowest BCUT2D eigenvalue weighted by atomic mass is 9.76. The quantitative estimate of drug-likeness (QED) is 0.861. The van der Waals surface area contributed by atoms with Crippen molar-refractivity contribution < 1.29 is 0 Å². The van der Waals surface area contributed by atoms with Crippen molar-refractivity contribution in [3.8, 4) is 0 Å². The van der Waals surface area contributed by atoms with Crippen molar-refractivity contribution in [3.63, 3.8) is 0 Å². The Morgan fingerprint density at radius 2 is 2.00 bits per heavy atom. The van der Waals surface area contributed by atoms with Crippen LogP contribution in [0.2, 0.25) is 0 Å². The number of hydrogen-bond donors (Lipinski definition) is 1. The fourth-order valence-corrected chi connectivity index (χ4v) is 4.27. The molecule has 20 heavy (non-hydrogen) atoms. The molecule has 2 aliphatic carbocycles. The molecule has 0 aliphatic heterocycles. The summed E-state index contributed by atoms with van der Waals surface area (Å²) >= 11 is 0. The van der Waals surface area contributed by atoms with Crippen LogP contribution in [0.5, 0.6) is 0 Å². The molecule has 0 saturated heterocycles. The molecule has 1 unspecified atom stereocenters. The van der Waals surface area contributed by atoms with Crippen LogP contribution in [0.3, 0.4) is 0 Å². The SMILES string of the molecule is CCCN(CC1Cc2ccccc21)C1(CN)CCCC1. The van der Waals surface area contributed by atoms with Gasteiger partial charge in [0.05, 0.1) is 0 Å². The number of fused-ring (bicyclic) bond motifs is 1. The number of nitrogens with zero attached hydrogens (tertiary/aromatic N) is 1. The third-order valence-corrected chi connectivity index (χ3v) is 5.48. The Morgan fingerprint density at radius 1 is 1.25 bits per heavy atom. The van der Waals surface area contributed by atoms with Crippen LogP contribution in [-0.4, -0.2) is 30.1 Å². The average Bonchev–Trinajstić information content (AvgIpc) is 2.93. The predicted octanol–water partition coefficient (Wildman–Crippen LogP) is 3.31. The van der Waals surface area contributed by atoms with Gasteiger partial charge in [0.15, 0.2) is 0 Å². The molecular formula is C18H28N2. The molecule has 110 valence electrons. The molecule has 0 radical (unpaired) electrons. The van der Waals surface area contributed by atoms with E-state index in [0.717, 1.165) is 12.5 Å². The topological polar surface area (TPSA) is 29.3 Å². The van der Waals surface area contributed by atoms with Crippen molar-refractivity contribution >= 4 is 0 Å². The van der Waals surface area contributed by atoms with Crippen LogP contribution in [0.1, 0.15) is 56.1 Å². The summed E-state index contributed by atoms with van der Waals surface area (Å²) in [6.07, 6.45) is 7.82. The lowest BCUT2D eigenvalue weighted by Gasteiger charge is -2.44. The zero-order valence-corrected chi connectivity index (χ0v) is 12.8. The summed E-state index contributed by atoms with van der Waals surface area (Å²) in [6, 6.07) is 8.95. The predicted molar refractivity (Wildman–Crippen MR) is 85.0 cm³/mol. The highest BCUT2D eigenvalue weighted by Crippen LogP contribution is 2.40. The highest BCUT2D eigenvalue weighted by Gasteiger charge is 2.40. The summed E-state index contributed by atoms with van der Waals surface area (Å²) < 4.78 is 0. The van der Waals surface area contributed by atoms with E-state index >= 15 is 0 Å². The number of rotatable bonds is 6. The largest absolute Gasteiger partial charge is 0.329 e. The first-order valence-corrected chi connectivity index (χ1v) is 8.32. The van der Waals surface area contributed by atoms with E-state index in [0.29, 0.717) is 5.54 Å². The Balaban J connectivity index is 1.73. The molecule has 2 aliphatic rings. The highest BCUT2D eigenvalue weighted by molar-refractivity contribution is 5.40. The third kappa shape index (κ3) is 2.40. The Kier molecular flexibility index (Phi) is 4.13. The maximum Gasteiger partial charge on any atom is 0.0332 e. The Morgan fingerprint density at radius 3 is 2.65 bits per heavy atom. The van der Waals surface area contributed by atoms with Crippen molar-refractivity contribution in [3.05, 3.63) is 35.4 Å². The van der Waals surface area contributed by atoms with Gasteiger partial charge in [0.25, 0.3) is 0 Å². The molecule has 0 bridgehead atoms. The van der Waals surface area contributed by atoms with Gasteiger partial charge in [0, 0.05) is 24.5 Å². The molecule has 2 N–H and O–H groups in total. The number of nitrogens with two attached hydrogens (primary N) is 1. The van der Waals surface area contributed by atoms with E-state index < -0.39 is 0 Å². The minimum absolute atomic E-state index is 0.306. The van der Waals surface area contributed by atoms with Gasteiger partial charge in [-0.2, -0.15) is 0 Å². The smallest absolute Gasteiger partial charge is 0.0332 e. The van der Waals surface area contributed by atoms with Gasteiger partial charge < -0.3 is 5.73 Å². The van der Waals surface area contributed by atoms with E-state index in [1.807, 2.05) is 0 Å². The van der Waals surface area contributed by atoms with Crippen molar-refractivity contribution in [1.29, 1.82) is 0 Å². The van der Waals surface area contributed by atoms with Crippen LogP contribution in [-0.2, 0) is 6.42 Å². The number of hydrogen-bond acceptors (Lipinski definition) is 2. The first-order valence-electron chi connectivity index (χ1n) is 8.32. The molecule has 3 rings (SSSR count). The maximum absolute atomic E-state index is 6.19. The van der Waals surface area contributed by atoms with Gasteiger partial charge in [-0.15, -0.1) is 0 Å². The lowest BCUT2D eigenvalue weighted by molar-refractivity contribution is 0.0879. The molecule has 1 fully saturated rings. The Hall–Kier alpha value is -0.860. The zero-order valence-electron chi connectivity index (χ0n) is 12.8. The molecule has 0 heterocycles. The van der Waals surface area contributed by atoms with Crippen LogP contribution in [0.15, 0.2) is 24.3 Å². The van der Waals surface area contributed by atoms with Gasteiger partial charge in [-0.05, 0) is 43.4 Å². The van der Waals surface area contributed by atoms with Crippen molar-refractivity contribution in [1.82, 2.24) is 4.90 Å². The molecule has 1 saturated carbocycles. The van der Waals surface area contributed by atoms with Gasteiger partial charge in [0.1, 0.15) is 0 Å². The molecule has 2 nitrogen and oxygen atoms in total. The van der Waals surface area contributed by atoms with Crippen LogP contribution in [0.4, 0.5) is 0 Å². The summed E-state index contributed by atoms with van der Waals surface area (Å²) in [5.41, 5.74) is 9.63. The zero-order chi connectivity index (χ0) is 14.0. The summed E-state index contributed by atoms with van der Waals surface area (Å²) in [4.78, 5) is 2.74. The van der Waals surface area contributed by atoms with Gasteiger partial charge in [-0.25, -0.2) is 0 Å². The van der Waals surface area contributed by atoms with Crippen LogP contribution >= 0.6 is 0 Å². The standard InChI is InChI=1S/C18H28N2/c1-2-11-20(18(14-19)9-5-6-10-18)13-16-12-15-7-3-4-8-17(15)16/h3-4,7-8,16H,2,5-6,9-14,19H2,1H3. The summed E-state index contributed by atoms with van der Waals surface area (Å²) in [7, 11) is 0. The average molecular weight is 272 g/mol. The molecule has 1 atom stereocenters. The fourth-order valence-electron chi connectivity index (χ4n) is 4.27. The summed E-state index contributed by atoms with van der Waals surface area (Å²) in [5, 5.41) is 0. The van der Waals surface area contributed by atoms with Crippen LogP contribution < -0.4 is 5.73 Å². The third-order valence-electron chi connectivity index (χ3n) is 5.48. The molecule has 2 heteroatoms. The molecule has 0 spiro atoms. The molecule has 1 aromatic carbocycles. The number of benzene rings is 1. The van der Waals surface area contributed by atoms with E-state index in [4.69, 9.17) is 5.73 Å². The maximum atomic E-state index is 6.19. The van der Waals surface area contributed by atoms with Crippen molar-refractivity contribution in [2.75, 3.05) is 19.6 Å². The van der Waals surface area contributed by atoms with E-state index in [1.165, 1.54) is 51.6 Å². The van der Waals surface area contributed by atoms with Crippen molar-refractivity contribution in [2.24, 2.45) is 5.73 Å². The van der Waals surface area contributed by atoms with Gasteiger partial charge >= 0.3 is 0 Å². The second-order valence-electron chi connectivity index (χ2n) is 6.68. The van der Waals surface area contributed by atoms with Crippen LogP contribution in [0, 0.1) is 0 Å². The molecule has 0 aromatic heterocycles. The van der Waals surface area contributed by atoms with Crippen LogP contribution in [0.25, 0.3) is 0 Å². The first kappa shape index (κ1) is 14.1. The van der Waals surface area contributed by atoms with E-state index in [9.17, 15) is 0 Å². The van der Waals surface area contributed by atoms with Gasteiger partial charge in [-0.1, -0.05) is 44.0 Å². The Labute approximate surface area is 123 Å². The fraction of sp³-hybridized carbons (Fsp3) is 0.667. The normalized spacial score (nSPS) is 23.6. The van der Waals surface area contributed by atoms with E-state index in [-0.39, 0.29) is 0 Å². The van der Waals surface area contributed by atoms with Gasteiger partial charge in [-0.3, -0.25) is 4.90 Å². The molecular weight excluding hydrogens is 244 g/mol. The van der Waals surface area contributed by atoms with Crippen molar-refractivity contribution in [2.45, 2.75) is 56.9 Å².